The van der Waals surface area contributed by atoms with Gasteiger partial charge in [-0.25, -0.2) is 4.79 Å². The van der Waals surface area contributed by atoms with Crippen molar-refractivity contribution >= 4 is 30.9 Å². The first-order chi connectivity index (χ1) is 17.6. The van der Waals surface area contributed by atoms with Crippen LogP contribution >= 0.6 is 0 Å². The van der Waals surface area contributed by atoms with Crippen molar-refractivity contribution < 1.29 is 23.5 Å². The molecule has 0 bridgehead atoms. The Balaban J connectivity index is 1.45. The summed E-state index contributed by atoms with van der Waals surface area (Å²) in [4.78, 5) is 36.7. The van der Waals surface area contributed by atoms with Gasteiger partial charge in [-0.05, 0) is 53.6 Å². The highest BCUT2D eigenvalue weighted by atomic mass is 28.3. The zero-order chi connectivity index (χ0) is 26.6. The number of fused-ring (bicyclic) bond motifs is 1. The van der Waals surface area contributed by atoms with Crippen LogP contribution in [-0.4, -0.2) is 26.6 Å². The smallest absolute Gasteiger partial charge is 0.338 e. The van der Waals surface area contributed by atoms with E-state index < -0.39 is 14.0 Å². The van der Waals surface area contributed by atoms with Gasteiger partial charge in [-0.3, -0.25) is 9.59 Å². The molecule has 0 unspecified atom stereocenters. The summed E-state index contributed by atoms with van der Waals surface area (Å²) < 4.78 is 17.1. The first-order valence-corrected chi connectivity index (χ1v) is 15.7. The standard InChI is InChI=1S/C29H29NO6Si/c1-37(2,3)14-13-34-29(33)22-6-4-5-19(15-22)17-35-23-11-12-24-26(16-23)36-18-25(27(24)31)20-7-9-21(10-8-20)28(30)32/h4-12,15-16,18H,13-14,17H2,1-3H3,(H2,30,32). The maximum absolute atomic E-state index is 13.0. The van der Waals surface area contributed by atoms with Gasteiger partial charge in [-0.15, -0.1) is 0 Å². The number of benzene rings is 3. The lowest BCUT2D eigenvalue weighted by atomic mass is 10.0. The maximum Gasteiger partial charge on any atom is 0.338 e. The molecule has 0 aliphatic rings. The van der Waals surface area contributed by atoms with Gasteiger partial charge in [0.2, 0.25) is 5.91 Å². The van der Waals surface area contributed by atoms with Crippen LogP contribution in [0.2, 0.25) is 25.7 Å². The fourth-order valence-electron chi connectivity index (χ4n) is 3.70. The summed E-state index contributed by atoms with van der Waals surface area (Å²) in [6.45, 7) is 7.37. The normalized spacial score (nSPS) is 11.3. The van der Waals surface area contributed by atoms with Crippen molar-refractivity contribution in [3.63, 3.8) is 0 Å². The van der Waals surface area contributed by atoms with Gasteiger partial charge in [0.25, 0.3) is 0 Å². The topological polar surface area (TPSA) is 109 Å². The van der Waals surface area contributed by atoms with E-state index in [0.29, 0.717) is 45.6 Å². The van der Waals surface area contributed by atoms with E-state index in [1.807, 2.05) is 6.07 Å². The largest absolute Gasteiger partial charge is 0.489 e. The Morgan fingerprint density at radius 3 is 2.41 bits per heavy atom. The number of rotatable bonds is 9. The van der Waals surface area contributed by atoms with Crippen LogP contribution in [0.25, 0.3) is 22.1 Å². The van der Waals surface area contributed by atoms with E-state index in [4.69, 9.17) is 19.6 Å². The summed E-state index contributed by atoms with van der Waals surface area (Å²) in [5.41, 5.74) is 8.14. The molecule has 0 fully saturated rings. The van der Waals surface area contributed by atoms with Gasteiger partial charge in [-0.1, -0.05) is 43.9 Å². The van der Waals surface area contributed by atoms with E-state index in [0.717, 1.165) is 11.6 Å². The zero-order valence-corrected chi connectivity index (χ0v) is 22.1. The molecular weight excluding hydrogens is 486 g/mol. The van der Waals surface area contributed by atoms with Gasteiger partial charge in [0, 0.05) is 19.7 Å². The molecule has 37 heavy (non-hydrogen) atoms. The lowest BCUT2D eigenvalue weighted by Crippen LogP contribution is -2.22. The van der Waals surface area contributed by atoms with Crippen molar-refractivity contribution in [2.75, 3.05) is 6.61 Å². The molecule has 0 spiro atoms. The third-order valence-corrected chi connectivity index (χ3v) is 7.58. The monoisotopic (exact) mass is 515 g/mol. The van der Waals surface area contributed by atoms with Crippen molar-refractivity contribution in [3.05, 3.63) is 99.9 Å². The molecule has 8 heteroatoms. The Kier molecular flexibility index (Phi) is 7.59. The number of amides is 1. The average Bonchev–Trinajstić information content (AvgIpc) is 2.87. The minimum Gasteiger partial charge on any atom is -0.489 e. The number of esters is 1. The predicted octanol–water partition coefficient (Wildman–Crippen LogP) is 5.63. The van der Waals surface area contributed by atoms with E-state index in [1.54, 1.807) is 60.7 Å². The van der Waals surface area contributed by atoms with Crippen LogP contribution in [0, 0.1) is 0 Å². The zero-order valence-electron chi connectivity index (χ0n) is 21.1. The van der Waals surface area contributed by atoms with Gasteiger partial charge in [-0.2, -0.15) is 0 Å². The molecule has 4 rings (SSSR count). The van der Waals surface area contributed by atoms with Gasteiger partial charge in [0.05, 0.1) is 23.1 Å². The highest BCUT2D eigenvalue weighted by Gasteiger charge is 2.15. The number of ether oxygens (including phenoxy) is 2. The van der Waals surface area contributed by atoms with Gasteiger partial charge in [0.1, 0.15) is 24.2 Å². The SMILES string of the molecule is C[Si](C)(C)CCOC(=O)c1cccc(COc2ccc3c(=O)c(-c4ccc(C(N)=O)cc4)coc3c2)c1. The van der Waals surface area contributed by atoms with Crippen molar-refractivity contribution in [2.45, 2.75) is 32.3 Å². The quantitative estimate of drug-likeness (QED) is 0.228. The molecule has 7 nitrogen and oxygen atoms in total. The molecule has 4 aromatic rings. The van der Waals surface area contributed by atoms with Crippen LogP contribution < -0.4 is 15.9 Å². The molecule has 1 amide bonds. The molecule has 190 valence electrons. The number of nitrogens with two attached hydrogens (primary N) is 1. The van der Waals surface area contributed by atoms with Crippen molar-refractivity contribution in [2.24, 2.45) is 5.73 Å². The minimum atomic E-state index is -1.28. The van der Waals surface area contributed by atoms with E-state index in [9.17, 15) is 14.4 Å². The lowest BCUT2D eigenvalue weighted by Gasteiger charge is -2.15. The van der Waals surface area contributed by atoms with Crippen LogP contribution in [0.4, 0.5) is 0 Å². The Bertz CT molecular complexity index is 1500. The number of hydrogen-bond donors (Lipinski definition) is 1. The first-order valence-electron chi connectivity index (χ1n) is 12.0. The van der Waals surface area contributed by atoms with Gasteiger partial charge >= 0.3 is 5.97 Å². The molecular formula is C29H29NO6Si. The third kappa shape index (κ3) is 6.53. The van der Waals surface area contributed by atoms with Crippen LogP contribution in [0.5, 0.6) is 5.75 Å². The van der Waals surface area contributed by atoms with Crippen molar-refractivity contribution in [3.8, 4) is 16.9 Å². The van der Waals surface area contributed by atoms with Gasteiger partial charge < -0.3 is 19.6 Å². The molecule has 1 aromatic heterocycles. The van der Waals surface area contributed by atoms with Crippen molar-refractivity contribution in [1.29, 1.82) is 0 Å². The number of carbonyl (C=O) groups excluding carboxylic acids is 2. The van der Waals surface area contributed by atoms with Crippen LogP contribution in [0.15, 0.2) is 82.2 Å². The molecule has 0 atom stereocenters. The second-order valence-corrected chi connectivity index (χ2v) is 15.6. The second-order valence-electron chi connectivity index (χ2n) is 10.0. The molecule has 0 saturated heterocycles. The Labute approximate surface area is 215 Å². The van der Waals surface area contributed by atoms with E-state index in [-0.39, 0.29) is 18.0 Å². The Morgan fingerprint density at radius 1 is 0.946 bits per heavy atom. The second kappa shape index (κ2) is 10.8. The van der Waals surface area contributed by atoms with E-state index >= 15 is 0 Å². The molecule has 0 saturated carbocycles. The van der Waals surface area contributed by atoms with Crippen LogP contribution in [-0.2, 0) is 11.3 Å². The fourth-order valence-corrected chi connectivity index (χ4v) is 4.41. The molecule has 3 aromatic carbocycles. The average molecular weight is 516 g/mol. The molecule has 1 heterocycles. The Hall–Kier alpha value is -4.17. The summed E-state index contributed by atoms with van der Waals surface area (Å²) in [5, 5.41) is 0.409. The number of primary amides is 1. The molecule has 2 N–H and O–H groups in total. The summed E-state index contributed by atoms with van der Waals surface area (Å²) in [6, 6.07) is 19.5. The summed E-state index contributed by atoms with van der Waals surface area (Å²) in [5.74, 6) is -0.348. The summed E-state index contributed by atoms with van der Waals surface area (Å²) in [7, 11) is -1.28. The number of hydrogen-bond acceptors (Lipinski definition) is 6. The van der Waals surface area contributed by atoms with Crippen molar-refractivity contribution in [1.82, 2.24) is 0 Å². The van der Waals surface area contributed by atoms with Crippen LogP contribution in [0.1, 0.15) is 26.3 Å². The van der Waals surface area contributed by atoms with Gasteiger partial charge in [0.15, 0.2) is 5.43 Å². The van der Waals surface area contributed by atoms with Crippen LogP contribution in [0.3, 0.4) is 0 Å². The molecule has 0 aliphatic carbocycles. The molecule has 0 radical (unpaired) electrons. The van der Waals surface area contributed by atoms with E-state index in [1.165, 1.54) is 6.26 Å². The third-order valence-electron chi connectivity index (χ3n) is 5.88. The fraction of sp³-hybridized carbons (Fsp3) is 0.207. The summed E-state index contributed by atoms with van der Waals surface area (Å²) >= 11 is 0. The highest BCUT2D eigenvalue weighted by molar-refractivity contribution is 6.76. The Morgan fingerprint density at radius 2 is 1.70 bits per heavy atom. The lowest BCUT2D eigenvalue weighted by molar-refractivity contribution is 0.0525. The first kappa shape index (κ1) is 25.9. The highest BCUT2D eigenvalue weighted by Crippen LogP contribution is 2.24. The maximum atomic E-state index is 13.0. The number of carbonyl (C=O) groups is 2. The minimum absolute atomic E-state index is 0.194. The van der Waals surface area contributed by atoms with E-state index in [2.05, 4.69) is 19.6 Å². The summed E-state index contributed by atoms with van der Waals surface area (Å²) in [6.07, 6.45) is 1.39. The predicted molar refractivity (Wildman–Crippen MR) is 146 cm³/mol. The molecule has 0 aliphatic heterocycles.